The van der Waals surface area contributed by atoms with E-state index < -0.39 is 11.9 Å². The van der Waals surface area contributed by atoms with Crippen LogP contribution in [0.25, 0.3) is 0 Å². The van der Waals surface area contributed by atoms with Crippen LogP contribution in [0.15, 0.2) is 17.2 Å². The molecular weight excluding hydrogens is 256 g/mol. The second-order valence-corrected chi connectivity index (χ2v) is 3.56. The van der Waals surface area contributed by atoms with Crippen molar-refractivity contribution in [2.45, 2.75) is 6.54 Å². The van der Waals surface area contributed by atoms with Gasteiger partial charge in [-0.15, -0.1) is 0 Å². The van der Waals surface area contributed by atoms with Crippen LogP contribution in [-0.2, 0) is 6.54 Å². The number of anilines is 1. The van der Waals surface area contributed by atoms with E-state index in [1.165, 1.54) is 17.1 Å². The van der Waals surface area contributed by atoms with Crippen LogP contribution >= 0.6 is 0 Å². The summed E-state index contributed by atoms with van der Waals surface area (Å²) in [5, 5.41) is 17.8. The van der Waals surface area contributed by atoms with Crippen molar-refractivity contribution in [1.29, 1.82) is 0 Å². The van der Waals surface area contributed by atoms with Gasteiger partial charge < -0.3 is 20.7 Å². The van der Waals surface area contributed by atoms with Crippen molar-refractivity contribution in [3.8, 4) is 0 Å². The van der Waals surface area contributed by atoms with Gasteiger partial charge in [0.15, 0.2) is 5.69 Å². The summed E-state index contributed by atoms with van der Waals surface area (Å²) in [4.78, 5) is 25.8. The fourth-order valence-corrected chi connectivity index (χ4v) is 1.33. The molecule has 2 heterocycles. The molecule has 0 bridgehead atoms. The summed E-state index contributed by atoms with van der Waals surface area (Å²) in [5.74, 6) is -1.71. The molecular formula is C9H10N6O4. The largest absolute Gasteiger partial charge is 0.476 e. The third-order valence-corrected chi connectivity index (χ3v) is 2.24. The zero-order valence-corrected chi connectivity index (χ0v) is 9.61. The van der Waals surface area contributed by atoms with Crippen molar-refractivity contribution < 1.29 is 19.3 Å². The predicted octanol–water partition coefficient (Wildman–Crippen LogP) is -1.02. The summed E-state index contributed by atoms with van der Waals surface area (Å²) >= 11 is 0. The second-order valence-electron chi connectivity index (χ2n) is 3.56. The van der Waals surface area contributed by atoms with Crippen LogP contribution < -0.4 is 11.1 Å². The number of carboxylic acids is 1. The van der Waals surface area contributed by atoms with Crippen LogP contribution in [0.5, 0.6) is 0 Å². The number of nitrogen functional groups attached to an aromatic ring is 1. The lowest BCUT2D eigenvalue weighted by Crippen LogP contribution is -2.27. The number of carbonyl (C=O) groups is 2. The Hall–Kier alpha value is -2.91. The van der Waals surface area contributed by atoms with Gasteiger partial charge in [0.2, 0.25) is 11.5 Å². The fourth-order valence-electron chi connectivity index (χ4n) is 1.33. The summed E-state index contributed by atoms with van der Waals surface area (Å²) in [6.07, 6.45) is 2.72. The molecule has 0 aliphatic carbocycles. The molecule has 10 nitrogen and oxygen atoms in total. The SMILES string of the molecule is Nc1nonc1C(=O)NCCn1cnc(C(=O)O)c1. The molecule has 0 aliphatic rings. The van der Waals surface area contributed by atoms with Crippen LogP contribution in [0.3, 0.4) is 0 Å². The second kappa shape index (κ2) is 5.16. The Balaban J connectivity index is 1.85. The number of imidazole rings is 1. The standard InChI is InChI=1S/C9H10N6O4/c10-7-6(13-19-14-7)8(16)11-1-2-15-3-5(9(17)18)12-4-15/h3-4H,1-2H2,(H2,10,14)(H,11,16)(H,17,18). The summed E-state index contributed by atoms with van der Waals surface area (Å²) in [7, 11) is 0. The number of nitrogens with zero attached hydrogens (tertiary/aromatic N) is 4. The number of carbonyl (C=O) groups excluding carboxylic acids is 1. The first-order valence-corrected chi connectivity index (χ1v) is 5.19. The first kappa shape index (κ1) is 12.5. The number of hydrogen-bond acceptors (Lipinski definition) is 7. The highest BCUT2D eigenvalue weighted by Gasteiger charge is 2.15. The third kappa shape index (κ3) is 2.86. The smallest absolute Gasteiger partial charge is 0.356 e. The fraction of sp³-hybridized carbons (Fsp3) is 0.222. The van der Waals surface area contributed by atoms with Gasteiger partial charge in [-0.05, 0) is 10.3 Å². The minimum Gasteiger partial charge on any atom is -0.476 e. The van der Waals surface area contributed by atoms with Crippen LogP contribution in [0.4, 0.5) is 5.82 Å². The number of hydrogen-bond donors (Lipinski definition) is 3. The molecule has 2 rings (SSSR count). The highest BCUT2D eigenvalue weighted by molar-refractivity contribution is 5.95. The number of nitrogens with two attached hydrogens (primary N) is 1. The Bertz CT molecular complexity index is 603. The Kier molecular flexibility index (Phi) is 3.41. The molecule has 0 radical (unpaired) electrons. The number of nitrogens with one attached hydrogen (secondary N) is 1. The van der Waals surface area contributed by atoms with Crippen LogP contribution in [0, 0.1) is 0 Å². The molecule has 0 fully saturated rings. The van der Waals surface area contributed by atoms with E-state index in [-0.39, 0.29) is 23.8 Å². The van der Waals surface area contributed by atoms with E-state index in [1.807, 2.05) is 0 Å². The first-order valence-electron chi connectivity index (χ1n) is 5.19. The number of rotatable bonds is 5. The van der Waals surface area contributed by atoms with Crippen molar-refractivity contribution in [1.82, 2.24) is 25.2 Å². The van der Waals surface area contributed by atoms with Crippen LogP contribution in [-0.4, -0.2) is 43.4 Å². The van der Waals surface area contributed by atoms with E-state index in [1.54, 1.807) is 0 Å². The number of aromatic carboxylic acids is 1. The van der Waals surface area contributed by atoms with E-state index in [2.05, 4.69) is 25.2 Å². The molecule has 2 aromatic heterocycles. The maximum Gasteiger partial charge on any atom is 0.356 e. The molecule has 0 saturated heterocycles. The first-order chi connectivity index (χ1) is 9.08. The lowest BCUT2D eigenvalue weighted by Gasteiger charge is -2.03. The monoisotopic (exact) mass is 266 g/mol. The summed E-state index contributed by atoms with van der Waals surface area (Å²) in [6.45, 7) is 0.609. The highest BCUT2D eigenvalue weighted by Crippen LogP contribution is 2.03. The quantitative estimate of drug-likeness (QED) is 0.622. The number of amides is 1. The highest BCUT2D eigenvalue weighted by atomic mass is 16.6. The minimum atomic E-state index is -1.11. The molecule has 4 N–H and O–H groups in total. The van der Waals surface area contributed by atoms with E-state index >= 15 is 0 Å². The van der Waals surface area contributed by atoms with Gasteiger partial charge in [-0.1, -0.05) is 0 Å². The van der Waals surface area contributed by atoms with Gasteiger partial charge >= 0.3 is 5.97 Å². The average molecular weight is 266 g/mol. The van der Waals surface area contributed by atoms with Gasteiger partial charge in [-0.3, -0.25) is 4.79 Å². The Morgan fingerprint density at radius 3 is 2.84 bits per heavy atom. The molecule has 2 aromatic rings. The van der Waals surface area contributed by atoms with Gasteiger partial charge in [-0.2, -0.15) is 0 Å². The van der Waals surface area contributed by atoms with Gasteiger partial charge in [0.05, 0.1) is 6.33 Å². The van der Waals surface area contributed by atoms with Crippen molar-refractivity contribution in [3.05, 3.63) is 23.9 Å². The number of aromatic nitrogens is 4. The van der Waals surface area contributed by atoms with Gasteiger partial charge in [-0.25, -0.2) is 14.4 Å². The molecule has 100 valence electrons. The molecule has 0 atom stereocenters. The van der Waals surface area contributed by atoms with E-state index in [4.69, 9.17) is 10.8 Å². The lowest BCUT2D eigenvalue weighted by molar-refractivity contribution is 0.0690. The topological polar surface area (TPSA) is 149 Å². The van der Waals surface area contributed by atoms with Crippen molar-refractivity contribution >= 4 is 17.7 Å². The van der Waals surface area contributed by atoms with Gasteiger partial charge in [0, 0.05) is 19.3 Å². The lowest BCUT2D eigenvalue weighted by atomic mass is 10.4. The van der Waals surface area contributed by atoms with E-state index in [9.17, 15) is 9.59 Å². The molecule has 0 saturated carbocycles. The maximum atomic E-state index is 11.6. The third-order valence-electron chi connectivity index (χ3n) is 2.24. The zero-order chi connectivity index (χ0) is 13.8. The normalized spacial score (nSPS) is 10.3. The predicted molar refractivity (Wildman–Crippen MR) is 60.2 cm³/mol. The summed E-state index contributed by atoms with van der Waals surface area (Å²) < 4.78 is 5.83. The minimum absolute atomic E-state index is 0.0590. The average Bonchev–Trinajstić information content (AvgIpc) is 2.97. The zero-order valence-electron chi connectivity index (χ0n) is 9.61. The number of carboxylic acid groups (broad SMARTS) is 1. The molecule has 1 amide bonds. The molecule has 0 spiro atoms. The summed E-state index contributed by atoms with van der Waals surface area (Å²) in [6, 6.07) is 0. The molecule has 0 aliphatic heterocycles. The van der Waals surface area contributed by atoms with E-state index in [0.29, 0.717) is 6.54 Å². The van der Waals surface area contributed by atoms with Crippen molar-refractivity contribution in [3.63, 3.8) is 0 Å². The van der Waals surface area contributed by atoms with Gasteiger partial charge in [0.25, 0.3) is 5.91 Å². The van der Waals surface area contributed by atoms with Crippen molar-refractivity contribution in [2.24, 2.45) is 0 Å². The van der Waals surface area contributed by atoms with Crippen LogP contribution in [0.2, 0.25) is 0 Å². The Morgan fingerprint density at radius 1 is 1.47 bits per heavy atom. The van der Waals surface area contributed by atoms with Crippen molar-refractivity contribution in [2.75, 3.05) is 12.3 Å². The van der Waals surface area contributed by atoms with Gasteiger partial charge in [0.1, 0.15) is 0 Å². The molecule has 0 unspecified atom stereocenters. The Morgan fingerprint density at radius 2 is 2.26 bits per heavy atom. The Labute approximate surface area is 106 Å². The molecule has 10 heteroatoms. The molecule has 0 aromatic carbocycles. The van der Waals surface area contributed by atoms with E-state index in [0.717, 1.165) is 0 Å². The summed E-state index contributed by atoms with van der Waals surface area (Å²) in [5.41, 5.74) is 5.21. The maximum absolute atomic E-state index is 11.6. The van der Waals surface area contributed by atoms with Crippen LogP contribution in [0.1, 0.15) is 21.0 Å². The molecule has 19 heavy (non-hydrogen) atoms.